The van der Waals surface area contributed by atoms with Gasteiger partial charge < -0.3 is 0 Å². The van der Waals surface area contributed by atoms with E-state index in [4.69, 9.17) is 0 Å². The molecule has 4 aromatic rings. The number of ketones is 1. The molecule has 4 aromatic carbocycles. The molecule has 4 rings (SSSR count). The molecule has 0 spiro atoms. The van der Waals surface area contributed by atoms with E-state index in [-0.39, 0.29) is 5.78 Å². The van der Waals surface area contributed by atoms with Gasteiger partial charge in [0.1, 0.15) is 0 Å². The minimum atomic E-state index is -2.31. The summed E-state index contributed by atoms with van der Waals surface area (Å²) in [5.74, 6) is 0.0966. The van der Waals surface area contributed by atoms with Crippen molar-refractivity contribution in [2.75, 3.05) is 0 Å². The van der Waals surface area contributed by atoms with Crippen LogP contribution in [-0.2, 0) is 17.4 Å². The predicted molar refractivity (Wildman–Crippen MR) is 140 cm³/mol. The van der Waals surface area contributed by atoms with Crippen molar-refractivity contribution in [2.24, 2.45) is 0 Å². The summed E-state index contributed by atoms with van der Waals surface area (Å²) in [6.07, 6.45) is 1.37. The van der Waals surface area contributed by atoms with Gasteiger partial charge in [-0.2, -0.15) is 0 Å². The van der Waals surface area contributed by atoms with Crippen molar-refractivity contribution in [1.82, 2.24) is 0 Å². The van der Waals surface area contributed by atoms with Crippen LogP contribution >= 0.6 is 7.26 Å². The van der Waals surface area contributed by atoms with Crippen LogP contribution in [0.5, 0.6) is 0 Å². The number of allylic oxidation sites excluding steroid dienone is 1. The molecule has 0 N–H and O–H groups in total. The van der Waals surface area contributed by atoms with Crippen LogP contribution in [0.2, 0.25) is 0 Å². The first-order valence-electron chi connectivity index (χ1n) is 11.0. The molecule has 0 unspecified atom stereocenters. The topological polar surface area (TPSA) is 17.1 Å². The Morgan fingerprint density at radius 3 is 1.38 bits per heavy atom. The monoisotopic (exact) mass is 436 g/mol. The van der Waals surface area contributed by atoms with E-state index in [2.05, 4.69) is 122 Å². The number of benzene rings is 4. The summed E-state index contributed by atoms with van der Waals surface area (Å²) in [5, 5.41) is 4.21. The standard InChI is InChI=1S/C30H29OP/c1-24(2)30(31)22-25-18-20-26(21-19-25)23-32(27-12-6-3-7-13-27,28-14-8-4-9-15-28)29-16-10-5-11-17-29/h3-21,32H,1,22-23H2,2H3. The van der Waals surface area contributed by atoms with Crippen molar-refractivity contribution < 1.29 is 4.79 Å². The summed E-state index contributed by atoms with van der Waals surface area (Å²) in [6.45, 7) is 5.55. The Bertz CT molecular complexity index is 1080. The Morgan fingerprint density at radius 1 is 0.625 bits per heavy atom. The molecule has 0 heterocycles. The number of hydrogen-bond acceptors (Lipinski definition) is 1. The molecule has 0 amide bonds. The first-order chi connectivity index (χ1) is 15.6. The normalized spacial score (nSPS) is 11.7. The first kappa shape index (κ1) is 21.9. The second-order valence-corrected chi connectivity index (χ2v) is 12.3. The Labute approximate surface area is 191 Å². The summed E-state index contributed by atoms with van der Waals surface area (Å²) >= 11 is 0. The summed E-state index contributed by atoms with van der Waals surface area (Å²) in [6, 6.07) is 41.4. The van der Waals surface area contributed by atoms with Crippen molar-refractivity contribution in [3.8, 4) is 0 Å². The Balaban J connectivity index is 1.82. The van der Waals surface area contributed by atoms with Crippen molar-refractivity contribution in [3.05, 3.63) is 139 Å². The zero-order chi connectivity index (χ0) is 22.4. The van der Waals surface area contributed by atoms with E-state index in [0.29, 0.717) is 12.0 Å². The molecule has 160 valence electrons. The molecule has 0 aromatic heterocycles. The zero-order valence-electron chi connectivity index (χ0n) is 18.5. The fourth-order valence-corrected chi connectivity index (χ4v) is 9.14. The first-order valence-corrected chi connectivity index (χ1v) is 13.2. The van der Waals surface area contributed by atoms with Crippen molar-refractivity contribution in [3.63, 3.8) is 0 Å². The molecule has 0 aliphatic heterocycles. The molecule has 0 aliphatic carbocycles. The molecule has 0 aliphatic rings. The summed E-state index contributed by atoms with van der Waals surface area (Å²) in [7, 11) is -2.31. The third kappa shape index (κ3) is 4.64. The molecule has 2 heteroatoms. The Kier molecular flexibility index (Phi) is 6.78. The van der Waals surface area contributed by atoms with E-state index < -0.39 is 7.26 Å². The third-order valence-corrected chi connectivity index (χ3v) is 11.0. The van der Waals surface area contributed by atoms with Gasteiger partial charge in [0.2, 0.25) is 0 Å². The fourth-order valence-electron chi connectivity index (χ4n) is 4.39. The number of hydrogen-bond donors (Lipinski definition) is 0. The molecular formula is C30H29OP. The van der Waals surface area contributed by atoms with Crippen LogP contribution in [0.25, 0.3) is 0 Å². The van der Waals surface area contributed by atoms with Crippen molar-refractivity contribution in [1.29, 1.82) is 0 Å². The van der Waals surface area contributed by atoms with Gasteiger partial charge in [0.15, 0.2) is 0 Å². The van der Waals surface area contributed by atoms with E-state index >= 15 is 0 Å². The van der Waals surface area contributed by atoms with Crippen LogP contribution in [0.4, 0.5) is 0 Å². The van der Waals surface area contributed by atoms with Gasteiger partial charge in [-0.05, 0) is 0 Å². The SMILES string of the molecule is C=C(C)C(=O)Cc1ccc(C[PH](c2ccccc2)(c2ccccc2)c2ccccc2)cc1. The number of Topliss-reactive ketones (excluding diaryl/α,β-unsaturated/α-hetero) is 1. The van der Waals surface area contributed by atoms with Gasteiger partial charge in [-0.25, -0.2) is 0 Å². The minimum absolute atomic E-state index is 0.0966. The summed E-state index contributed by atoms with van der Waals surface area (Å²) in [4.78, 5) is 12.1. The molecular weight excluding hydrogens is 407 g/mol. The maximum atomic E-state index is 12.1. The van der Waals surface area contributed by atoms with Crippen LogP contribution < -0.4 is 15.9 Å². The number of carbonyl (C=O) groups excluding carboxylic acids is 1. The van der Waals surface area contributed by atoms with Gasteiger partial charge in [0.05, 0.1) is 0 Å². The molecule has 0 atom stereocenters. The van der Waals surface area contributed by atoms with Crippen LogP contribution in [0.3, 0.4) is 0 Å². The van der Waals surface area contributed by atoms with Gasteiger partial charge in [-0.15, -0.1) is 0 Å². The number of rotatable bonds is 8. The maximum absolute atomic E-state index is 12.1. The summed E-state index contributed by atoms with van der Waals surface area (Å²) < 4.78 is 0. The Hall–Kier alpha value is -3.28. The molecule has 1 nitrogen and oxygen atoms in total. The van der Waals surface area contributed by atoms with Crippen LogP contribution in [0, 0.1) is 0 Å². The predicted octanol–water partition coefficient (Wildman–Crippen LogP) is 5.60. The molecule has 32 heavy (non-hydrogen) atoms. The van der Waals surface area contributed by atoms with Gasteiger partial charge in [-0.3, -0.25) is 0 Å². The van der Waals surface area contributed by atoms with Gasteiger partial charge in [-0.1, -0.05) is 0 Å². The Morgan fingerprint density at radius 2 is 1.00 bits per heavy atom. The summed E-state index contributed by atoms with van der Waals surface area (Å²) in [5.41, 5.74) is 2.94. The van der Waals surface area contributed by atoms with E-state index in [9.17, 15) is 4.79 Å². The van der Waals surface area contributed by atoms with E-state index in [1.807, 2.05) is 0 Å². The van der Waals surface area contributed by atoms with Crippen molar-refractivity contribution >= 4 is 29.0 Å². The van der Waals surface area contributed by atoms with Crippen LogP contribution in [0.1, 0.15) is 18.1 Å². The zero-order valence-corrected chi connectivity index (χ0v) is 19.5. The average molecular weight is 437 g/mol. The van der Waals surface area contributed by atoms with Crippen LogP contribution in [0.15, 0.2) is 127 Å². The molecule has 0 fully saturated rings. The van der Waals surface area contributed by atoms with E-state index in [1.54, 1.807) is 6.92 Å². The van der Waals surface area contributed by atoms with E-state index in [1.165, 1.54) is 21.5 Å². The molecule has 0 radical (unpaired) electrons. The average Bonchev–Trinajstić information content (AvgIpc) is 2.85. The molecule has 0 bridgehead atoms. The van der Waals surface area contributed by atoms with Gasteiger partial charge in [0.25, 0.3) is 0 Å². The van der Waals surface area contributed by atoms with Gasteiger partial charge in [0, 0.05) is 0 Å². The number of carbonyl (C=O) groups is 1. The van der Waals surface area contributed by atoms with Crippen molar-refractivity contribution in [2.45, 2.75) is 19.5 Å². The van der Waals surface area contributed by atoms with Crippen LogP contribution in [-0.4, -0.2) is 5.78 Å². The molecule has 0 saturated heterocycles. The van der Waals surface area contributed by atoms with Gasteiger partial charge >= 0.3 is 192 Å². The third-order valence-electron chi connectivity index (χ3n) is 6.13. The van der Waals surface area contributed by atoms with E-state index in [0.717, 1.165) is 11.7 Å². The fraction of sp³-hybridized carbons (Fsp3) is 0.100. The second-order valence-electron chi connectivity index (χ2n) is 8.38. The quantitative estimate of drug-likeness (QED) is 0.260. The molecule has 0 saturated carbocycles. The second kappa shape index (κ2) is 9.90.